The van der Waals surface area contributed by atoms with Crippen molar-refractivity contribution in [2.24, 2.45) is 17.3 Å². The van der Waals surface area contributed by atoms with E-state index in [-0.39, 0.29) is 21.9 Å². The van der Waals surface area contributed by atoms with Crippen molar-refractivity contribution >= 4 is 0 Å². The molecule has 0 unspecified atom stereocenters. The van der Waals surface area contributed by atoms with Gasteiger partial charge in [0.1, 0.15) is 0 Å². The minimum Gasteiger partial charge on any atom is -0.633 e. The van der Waals surface area contributed by atoms with Crippen LogP contribution in [-0.2, 0) is 11.2 Å². The fourth-order valence-electron chi connectivity index (χ4n) is 8.47. The monoisotopic (exact) mass is 433 g/mol. The maximum atomic E-state index is 12.8. The second-order valence-corrected chi connectivity index (χ2v) is 12.2. The van der Waals surface area contributed by atoms with Gasteiger partial charge in [0, 0.05) is 12.8 Å². The van der Waals surface area contributed by atoms with Crippen molar-refractivity contribution < 1.29 is 9.38 Å². The fourth-order valence-corrected chi connectivity index (χ4v) is 8.47. The Morgan fingerprint density at radius 1 is 1.09 bits per heavy atom. The predicted octanol–water partition coefficient (Wildman–Crippen LogP) is 6.34. The summed E-state index contributed by atoms with van der Waals surface area (Å²) in [6, 6.07) is 11.2. The van der Waals surface area contributed by atoms with E-state index in [1.54, 1.807) is 0 Å². The normalized spacial score (nSPS) is 42.6. The minimum atomic E-state index is -0.184. The van der Waals surface area contributed by atoms with Gasteiger partial charge < -0.3 is 14.6 Å². The number of hydrogen-bond donors (Lipinski definition) is 0. The van der Waals surface area contributed by atoms with E-state index in [1.807, 2.05) is 14.1 Å². The molecule has 1 aromatic carbocycles. The van der Waals surface area contributed by atoms with Crippen molar-refractivity contribution in [2.45, 2.75) is 88.4 Å². The Balaban J connectivity index is 1.28. The van der Waals surface area contributed by atoms with E-state index in [2.05, 4.69) is 49.4 Å². The lowest BCUT2D eigenvalue weighted by Crippen LogP contribution is -2.57. The molecule has 2 spiro atoms. The lowest BCUT2D eigenvalue weighted by atomic mass is 9.58. The number of allylic oxidation sites excluding steroid dienone is 1. The molecule has 3 heteroatoms. The van der Waals surface area contributed by atoms with Gasteiger partial charge in [0.15, 0.2) is 0 Å². The Bertz CT molecular complexity index is 959. The first kappa shape index (κ1) is 21.1. The lowest BCUT2D eigenvalue weighted by Gasteiger charge is -2.55. The topological polar surface area (TPSA) is 32.3 Å². The largest absolute Gasteiger partial charge is 0.633 e. The summed E-state index contributed by atoms with van der Waals surface area (Å²) >= 11 is 0. The van der Waals surface area contributed by atoms with Crippen molar-refractivity contribution in [1.29, 1.82) is 0 Å². The Kier molecular flexibility index (Phi) is 4.65. The number of fused-ring (bicyclic) bond motifs is 1. The highest BCUT2D eigenvalue weighted by Crippen LogP contribution is 2.68. The van der Waals surface area contributed by atoms with Crippen LogP contribution in [0.3, 0.4) is 0 Å². The molecule has 0 radical (unpaired) electrons. The highest BCUT2D eigenvalue weighted by molar-refractivity contribution is 5.47. The van der Waals surface area contributed by atoms with E-state index in [1.165, 1.54) is 48.8 Å². The van der Waals surface area contributed by atoms with Gasteiger partial charge in [-0.05, 0) is 85.3 Å². The van der Waals surface area contributed by atoms with Crippen molar-refractivity contribution in [2.75, 3.05) is 14.1 Å². The second-order valence-electron chi connectivity index (χ2n) is 12.2. The molecule has 2 aliphatic heterocycles. The van der Waals surface area contributed by atoms with E-state index < -0.39 is 0 Å². The zero-order valence-corrected chi connectivity index (χ0v) is 20.1. The first-order valence-corrected chi connectivity index (χ1v) is 13.0. The van der Waals surface area contributed by atoms with Gasteiger partial charge in [0.25, 0.3) is 0 Å². The molecule has 0 amide bonds. The van der Waals surface area contributed by atoms with Crippen LogP contribution in [0.1, 0.15) is 70.3 Å². The van der Waals surface area contributed by atoms with Crippen LogP contribution in [-0.4, -0.2) is 36.0 Å². The molecule has 2 heterocycles. The zero-order chi connectivity index (χ0) is 22.2. The number of hydrogen-bond acceptors (Lipinski definition) is 2. The molecule has 2 bridgehead atoms. The van der Waals surface area contributed by atoms with Gasteiger partial charge >= 0.3 is 0 Å². The molecule has 3 aliphatic carbocycles. The third-order valence-electron chi connectivity index (χ3n) is 10.4. The standard InChI is InChI=1S/C29H39NO2/c1-27-16-15-24-19-23-11-13-25(30(2,3)31)20-28(23)17-18-29(24,32-28)26(27)14-12-22(27)10-9-21-7-5-4-6-8-21/h4-8,15,19,22,25-26H,9-14,16-18,20H2,1-3H3/t22-,25-,26+,27+,28+,29+/m0/s1. The fraction of sp³-hybridized carbons (Fsp3) is 0.655. The zero-order valence-electron chi connectivity index (χ0n) is 20.1. The number of benzene rings is 1. The van der Waals surface area contributed by atoms with Gasteiger partial charge in [-0.25, -0.2) is 0 Å². The summed E-state index contributed by atoms with van der Waals surface area (Å²) in [6.45, 7) is 2.57. The van der Waals surface area contributed by atoms with E-state index in [9.17, 15) is 5.21 Å². The summed E-state index contributed by atoms with van der Waals surface area (Å²) in [6.07, 6.45) is 16.6. The summed E-state index contributed by atoms with van der Waals surface area (Å²) in [7, 11) is 3.64. The number of quaternary nitrogens is 1. The maximum Gasteiger partial charge on any atom is 0.0974 e. The van der Waals surface area contributed by atoms with E-state index in [0.717, 1.165) is 38.0 Å². The maximum absolute atomic E-state index is 12.8. The van der Waals surface area contributed by atoms with Gasteiger partial charge in [-0.2, -0.15) is 0 Å². The molecular formula is C29H39NO2. The third kappa shape index (κ3) is 2.97. The summed E-state index contributed by atoms with van der Waals surface area (Å²) in [5.74, 6) is 1.38. The summed E-state index contributed by atoms with van der Waals surface area (Å²) in [5, 5.41) is 12.8. The molecule has 0 N–H and O–H groups in total. The van der Waals surface area contributed by atoms with Crippen LogP contribution in [0.15, 0.2) is 53.6 Å². The van der Waals surface area contributed by atoms with Crippen molar-refractivity contribution in [3.05, 3.63) is 64.4 Å². The van der Waals surface area contributed by atoms with Gasteiger partial charge in [0.05, 0.1) is 31.3 Å². The molecule has 172 valence electrons. The van der Waals surface area contributed by atoms with Crippen molar-refractivity contribution in [3.63, 3.8) is 0 Å². The van der Waals surface area contributed by atoms with Gasteiger partial charge in [-0.3, -0.25) is 0 Å². The van der Waals surface area contributed by atoms with E-state index in [0.29, 0.717) is 11.3 Å². The van der Waals surface area contributed by atoms with Crippen LogP contribution in [0.25, 0.3) is 0 Å². The second kappa shape index (κ2) is 7.04. The van der Waals surface area contributed by atoms with Crippen LogP contribution >= 0.6 is 0 Å². The lowest BCUT2D eigenvalue weighted by molar-refractivity contribution is -0.869. The van der Waals surface area contributed by atoms with E-state index in [4.69, 9.17) is 4.74 Å². The van der Waals surface area contributed by atoms with Crippen molar-refractivity contribution in [3.8, 4) is 0 Å². The number of aryl methyl sites for hydroxylation is 1. The molecular weight excluding hydrogens is 394 g/mol. The summed E-state index contributed by atoms with van der Waals surface area (Å²) in [4.78, 5) is 0. The smallest absolute Gasteiger partial charge is 0.0974 e. The van der Waals surface area contributed by atoms with Gasteiger partial charge in [-0.15, -0.1) is 0 Å². The minimum absolute atomic E-state index is 0.0973. The van der Waals surface area contributed by atoms with Crippen LogP contribution < -0.4 is 0 Å². The molecule has 0 aromatic heterocycles. The summed E-state index contributed by atoms with van der Waals surface area (Å²) < 4.78 is 7.13. The molecule has 3 nitrogen and oxygen atoms in total. The Hall–Kier alpha value is -1.42. The predicted molar refractivity (Wildman–Crippen MR) is 129 cm³/mol. The molecule has 1 aromatic rings. The third-order valence-corrected chi connectivity index (χ3v) is 10.4. The number of hydroxylamine groups is 3. The Labute approximate surface area is 193 Å². The Morgan fingerprint density at radius 2 is 1.91 bits per heavy atom. The average Bonchev–Trinajstić information content (AvgIpc) is 3.27. The first-order valence-electron chi connectivity index (χ1n) is 13.0. The molecule has 5 aliphatic rings. The SMILES string of the molecule is C[C@]12CC=C3C=C4CC[C@H]([N+](C)(C)[O-])C[C@]45CC[C@]3(O5)[C@@H]1CC[C@@H]2CCc1ccccc1. The average molecular weight is 434 g/mol. The molecule has 32 heavy (non-hydrogen) atoms. The van der Waals surface area contributed by atoms with Gasteiger partial charge in [-0.1, -0.05) is 49.4 Å². The van der Waals surface area contributed by atoms with Gasteiger partial charge in [0.2, 0.25) is 0 Å². The summed E-state index contributed by atoms with van der Waals surface area (Å²) in [5.41, 5.74) is 4.51. The first-order chi connectivity index (χ1) is 15.3. The highest BCUT2D eigenvalue weighted by Gasteiger charge is 2.66. The molecule has 6 atom stereocenters. The van der Waals surface area contributed by atoms with Crippen LogP contribution in [0.5, 0.6) is 0 Å². The van der Waals surface area contributed by atoms with Crippen molar-refractivity contribution in [1.82, 2.24) is 0 Å². The number of nitrogens with zero attached hydrogens (tertiary/aromatic N) is 1. The Morgan fingerprint density at radius 3 is 2.69 bits per heavy atom. The molecule has 1 saturated heterocycles. The van der Waals surface area contributed by atoms with Crippen LogP contribution in [0, 0.1) is 22.5 Å². The molecule has 3 fully saturated rings. The van der Waals surface area contributed by atoms with Crippen LogP contribution in [0.2, 0.25) is 0 Å². The number of rotatable bonds is 4. The number of ether oxygens (including phenoxy) is 1. The van der Waals surface area contributed by atoms with Crippen LogP contribution in [0.4, 0.5) is 0 Å². The quantitative estimate of drug-likeness (QED) is 0.410. The molecule has 2 saturated carbocycles. The highest BCUT2D eigenvalue weighted by atomic mass is 16.5. The van der Waals surface area contributed by atoms with E-state index >= 15 is 0 Å². The molecule has 6 rings (SSSR count).